The van der Waals surface area contributed by atoms with Crippen LogP contribution in [0, 0.1) is 18.8 Å². The first kappa shape index (κ1) is 15.3. The third kappa shape index (κ3) is 3.72. The van der Waals surface area contributed by atoms with Gasteiger partial charge in [0.25, 0.3) is 0 Å². The van der Waals surface area contributed by atoms with Crippen LogP contribution in [0.25, 0.3) is 0 Å². The van der Waals surface area contributed by atoms with Crippen LogP contribution in [0.4, 0.5) is 0 Å². The second-order valence-electron chi connectivity index (χ2n) is 5.63. The number of aryl methyl sites for hydroxylation is 1. The van der Waals surface area contributed by atoms with Crippen LogP contribution in [-0.2, 0) is 9.59 Å². The normalized spacial score (nSPS) is 22.6. The van der Waals surface area contributed by atoms with E-state index in [4.69, 9.17) is 0 Å². The van der Waals surface area contributed by atoms with Gasteiger partial charge in [-0.15, -0.1) is 0 Å². The Morgan fingerprint density at radius 1 is 1.14 bits per heavy atom. The van der Waals surface area contributed by atoms with E-state index in [1.165, 1.54) is 5.56 Å². The third-order valence-corrected chi connectivity index (χ3v) is 4.02. The van der Waals surface area contributed by atoms with E-state index in [0.29, 0.717) is 12.8 Å². The Morgan fingerprint density at radius 3 is 2.29 bits per heavy atom. The quantitative estimate of drug-likeness (QED) is 0.837. The second-order valence-corrected chi connectivity index (χ2v) is 5.63. The molecule has 2 unspecified atom stereocenters. The number of benzene rings is 1. The second kappa shape index (κ2) is 6.57. The van der Waals surface area contributed by atoms with Crippen molar-refractivity contribution >= 4 is 11.9 Å². The first-order chi connectivity index (χ1) is 9.99. The van der Waals surface area contributed by atoms with E-state index in [1.54, 1.807) is 0 Å². The summed E-state index contributed by atoms with van der Waals surface area (Å²) in [4.78, 5) is 23.6. The summed E-state index contributed by atoms with van der Waals surface area (Å²) < 4.78 is 0. The SMILES string of the molecule is Cc1ccc([C@H](C)NC(=O)C2CC=CCC2C(=O)O)cc1. The lowest BCUT2D eigenvalue weighted by molar-refractivity contribution is -0.147. The Morgan fingerprint density at radius 2 is 1.71 bits per heavy atom. The maximum Gasteiger partial charge on any atom is 0.307 e. The predicted octanol–water partition coefficient (Wildman–Crippen LogP) is 2.84. The molecule has 3 atom stereocenters. The number of amides is 1. The Kier molecular flexibility index (Phi) is 4.78. The first-order valence-corrected chi connectivity index (χ1v) is 7.23. The number of carboxylic acids is 1. The van der Waals surface area contributed by atoms with E-state index in [9.17, 15) is 14.7 Å². The smallest absolute Gasteiger partial charge is 0.307 e. The number of hydrogen-bond donors (Lipinski definition) is 2. The van der Waals surface area contributed by atoms with Crippen molar-refractivity contribution < 1.29 is 14.7 Å². The fourth-order valence-electron chi connectivity index (χ4n) is 2.64. The maximum atomic E-state index is 12.4. The van der Waals surface area contributed by atoms with E-state index < -0.39 is 17.8 Å². The van der Waals surface area contributed by atoms with Gasteiger partial charge in [0.2, 0.25) is 5.91 Å². The van der Waals surface area contributed by atoms with Crippen molar-refractivity contribution in [2.45, 2.75) is 32.7 Å². The molecular weight excluding hydrogens is 266 g/mol. The van der Waals surface area contributed by atoms with Crippen molar-refractivity contribution in [3.05, 3.63) is 47.5 Å². The van der Waals surface area contributed by atoms with Crippen LogP contribution in [-0.4, -0.2) is 17.0 Å². The molecule has 1 amide bonds. The van der Waals surface area contributed by atoms with Gasteiger partial charge in [-0.3, -0.25) is 9.59 Å². The highest BCUT2D eigenvalue weighted by atomic mass is 16.4. The fraction of sp³-hybridized carbons (Fsp3) is 0.412. The standard InChI is InChI=1S/C17H21NO3/c1-11-7-9-13(10-8-11)12(2)18-16(19)14-5-3-4-6-15(14)17(20)21/h3-4,7-10,12,14-15H,5-6H2,1-2H3,(H,18,19)(H,20,21)/t12-,14?,15?/m0/s1. The van der Waals surface area contributed by atoms with Crippen LogP contribution in [0.15, 0.2) is 36.4 Å². The van der Waals surface area contributed by atoms with Gasteiger partial charge in [-0.05, 0) is 32.3 Å². The Bertz CT molecular complexity index is 548. The highest BCUT2D eigenvalue weighted by Crippen LogP contribution is 2.27. The molecule has 0 aliphatic heterocycles. The molecular formula is C17H21NO3. The average Bonchev–Trinajstić information content (AvgIpc) is 2.47. The first-order valence-electron chi connectivity index (χ1n) is 7.23. The number of nitrogens with one attached hydrogen (secondary N) is 1. The zero-order chi connectivity index (χ0) is 15.4. The van der Waals surface area contributed by atoms with Gasteiger partial charge in [0.1, 0.15) is 0 Å². The van der Waals surface area contributed by atoms with Crippen molar-refractivity contribution in [3.63, 3.8) is 0 Å². The van der Waals surface area contributed by atoms with Crippen LogP contribution in [0.5, 0.6) is 0 Å². The summed E-state index contributed by atoms with van der Waals surface area (Å²) in [5.41, 5.74) is 2.19. The lowest BCUT2D eigenvalue weighted by atomic mass is 9.82. The minimum absolute atomic E-state index is 0.126. The molecule has 21 heavy (non-hydrogen) atoms. The fourth-order valence-corrected chi connectivity index (χ4v) is 2.64. The molecule has 4 heteroatoms. The van der Waals surface area contributed by atoms with Crippen molar-refractivity contribution in [2.24, 2.45) is 11.8 Å². The molecule has 0 heterocycles. The van der Waals surface area contributed by atoms with Gasteiger partial charge in [0.15, 0.2) is 0 Å². The molecule has 0 saturated carbocycles. The third-order valence-electron chi connectivity index (χ3n) is 4.02. The molecule has 1 aliphatic rings. The molecule has 112 valence electrons. The molecule has 2 rings (SSSR count). The lowest BCUT2D eigenvalue weighted by Gasteiger charge is -2.26. The molecule has 0 aromatic heterocycles. The maximum absolute atomic E-state index is 12.4. The van der Waals surface area contributed by atoms with E-state index in [0.717, 1.165) is 5.56 Å². The molecule has 0 saturated heterocycles. The number of carbonyl (C=O) groups excluding carboxylic acids is 1. The summed E-state index contributed by atoms with van der Waals surface area (Å²) >= 11 is 0. The summed E-state index contributed by atoms with van der Waals surface area (Å²) in [6.07, 6.45) is 4.64. The Balaban J connectivity index is 2.04. The highest BCUT2D eigenvalue weighted by Gasteiger charge is 2.34. The van der Waals surface area contributed by atoms with Crippen LogP contribution >= 0.6 is 0 Å². The molecule has 1 aromatic rings. The molecule has 1 aliphatic carbocycles. The van der Waals surface area contributed by atoms with Crippen molar-refractivity contribution in [1.29, 1.82) is 0 Å². The highest BCUT2D eigenvalue weighted by molar-refractivity contribution is 5.85. The van der Waals surface area contributed by atoms with Gasteiger partial charge < -0.3 is 10.4 Å². The largest absolute Gasteiger partial charge is 0.481 e. The Hall–Kier alpha value is -2.10. The molecule has 0 fully saturated rings. The average molecular weight is 287 g/mol. The van der Waals surface area contributed by atoms with E-state index in [-0.39, 0.29) is 11.9 Å². The number of carboxylic acid groups (broad SMARTS) is 1. The van der Waals surface area contributed by atoms with Crippen LogP contribution in [0.1, 0.15) is 36.9 Å². The zero-order valence-electron chi connectivity index (χ0n) is 12.4. The van der Waals surface area contributed by atoms with Crippen LogP contribution in [0.3, 0.4) is 0 Å². The molecule has 4 nitrogen and oxygen atoms in total. The molecule has 1 aromatic carbocycles. The number of rotatable bonds is 4. The predicted molar refractivity (Wildman–Crippen MR) is 80.7 cm³/mol. The summed E-state index contributed by atoms with van der Waals surface area (Å²) in [5, 5.41) is 12.2. The van der Waals surface area contributed by atoms with E-state index in [1.807, 2.05) is 50.3 Å². The molecule has 0 radical (unpaired) electrons. The number of hydrogen-bond acceptors (Lipinski definition) is 2. The van der Waals surface area contributed by atoms with Crippen molar-refractivity contribution in [2.75, 3.05) is 0 Å². The van der Waals surface area contributed by atoms with Crippen molar-refractivity contribution in [1.82, 2.24) is 5.32 Å². The number of carbonyl (C=O) groups is 2. The van der Waals surface area contributed by atoms with Gasteiger partial charge in [-0.25, -0.2) is 0 Å². The van der Waals surface area contributed by atoms with Crippen LogP contribution in [0.2, 0.25) is 0 Å². The topological polar surface area (TPSA) is 66.4 Å². The Labute approximate surface area is 124 Å². The number of allylic oxidation sites excluding steroid dienone is 2. The molecule has 0 spiro atoms. The number of aliphatic carboxylic acids is 1. The van der Waals surface area contributed by atoms with Gasteiger partial charge >= 0.3 is 5.97 Å². The summed E-state index contributed by atoms with van der Waals surface area (Å²) in [6, 6.07) is 7.84. The minimum atomic E-state index is -0.900. The van der Waals surface area contributed by atoms with Gasteiger partial charge in [-0.2, -0.15) is 0 Å². The van der Waals surface area contributed by atoms with E-state index >= 15 is 0 Å². The van der Waals surface area contributed by atoms with Gasteiger partial charge in [0.05, 0.1) is 17.9 Å². The monoisotopic (exact) mass is 287 g/mol. The summed E-state index contributed by atoms with van der Waals surface area (Å²) in [5.74, 6) is -2.19. The summed E-state index contributed by atoms with van der Waals surface area (Å²) in [6.45, 7) is 3.93. The van der Waals surface area contributed by atoms with Gasteiger partial charge in [0, 0.05) is 0 Å². The van der Waals surface area contributed by atoms with Gasteiger partial charge in [-0.1, -0.05) is 42.0 Å². The van der Waals surface area contributed by atoms with Crippen LogP contribution < -0.4 is 5.32 Å². The summed E-state index contributed by atoms with van der Waals surface area (Å²) in [7, 11) is 0. The molecule has 2 N–H and O–H groups in total. The minimum Gasteiger partial charge on any atom is -0.481 e. The molecule has 0 bridgehead atoms. The van der Waals surface area contributed by atoms with Crippen molar-refractivity contribution in [3.8, 4) is 0 Å². The lowest BCUT2D eigenvalue weighted by Crippen LogP contribution is -2.39. The van der Waals surface area contributed by atoms with E-state index in [2.05, 4.69) is 5.32 Å². The zero-order valence-corrected chi connectivity index (χ0v) is 12.4.